The lowest BCUT2D eigenvalue weighted by atomic mass is 10.1. The molecule has 0 saturated heterocycles. The summed E-state index contributed by atoms with van der Waals surface area (Å²) in [6, 6.07) is 5.58. The number of anilines is 1. The fraction of sp³-hybridized carbons (Fsp3) is 0.235. The molecule has 0 fully saturated rings. The van der Waals surface area contributed by atoms with Gasteiger partial charge in [0, 0.05) is 11.9 Å². The van der Waals surface area contributed by atoms with Gasteiger partial charge in [-0.15, -0.1) is 16.4 Å². The number of aryl methyl sites for hydroxylation is 2. The van der Waals surface area contributed by atoms with Crippen molar-refractivity contribution in [2.24, 2.45) is 0 Å². The van der Waals surface area contributed by atoms with Crippen molar-refractivity contribution in [3.8, 4) is 11.5 Å². The molecule has 128 valence electrons. The van der Waals surface area contributed by atoms with Crippen LogP contribution in [-0.2, 0) is 6.54 Å². The largest absolute Gasteiger partial charge is 0.454 e. The molecular weight excluding hydrogens is 340 g/mol. The summed E-state index contributed by atoms with van der Waals surface area (Å²) >= 11 is 1.25. The van der Waals surface area contributed by atoms with Gasteiger partial charge in [0.25, 0.3) is 5.91 Å². The Hall–Kier alpha value is -2.87. The van der Waals surface area contributed by atoms with Crippen molar-refractivity contribution in [3.63, 3.8) is 0 Å². The Labute approximate surface area is 147 Å². The molecule has 0 aliphatic carbocycles. The van der Waals surface area contributed by atoms with E-state index >= 15 is 0 Å². The van der Waals surface area contributed by atoms with E-state index in [1.807, 2.05) is 32.0 Å². The van der Waals surface area contributed by atoms with Gasteiger partial charge in [0.15, 0.2) is 11.5 Å². The topological polar surface area (TPSA) is 99.4 Å². The molecule has 3 aromatic rings. The van der Waals surface area contributed by atoms with Crippen molar-refractivity contribution >= 4 is 33.1 Å². The van der Waals surface area contributed by atoms with Gasteiger partial charge < -0.3 is 20.5 Å². The van der Waals surface area contributed by atoms with E-state index in [-0.39, 0.29) is 12.7 Å². The van der Waals surface area contributed by atoms with E-state index in [2.05, 4.69) is 15.5 Å². The van der Waals surface area contributed by atoms with E-state index in [1.165, 1.54) is 11.3 Å². The molecule has 1 amide bonds. The molecule has 0 unspecified atom stereocenters. The van der Waals surface area contributed by atoms with Crippen molar-refractivity contribution in [2.45, 2.75) is 20.4 Å². The van der Waals surface area contributed by atoms with Crippen LogP contribution in [0.4, 0.5) is 5.69 Å². The third kappa shape index (κ3) is 2.64. The predicted molar refractivity (Wildman–Crippen MR) is 95.0 cm³/mol. The minimum Gasteiger partial charge on any atom is -0.454 e. The summed E-state index contributed by atoms with van der Waals surface area (Å²) < 4.78 is 10.6. The zero-order valence-corrected chi connectivity index (χ0v) is 14.6. The molecular formula is C17H16N4O3S. The van der Waals surface area contributed by atoms with Gasteiger partial charge in [0.05, 0.1) is 11.4 Å². The number of hydrogen-bond acceptors (Lipinski definition) is 7. The van der Waals surface area contributed by atoms with Gasteiger partial charge in [0.2, 0.25) is 6.79 Å². The molecule has 3 heterocycles. The molecule has 25 heavy (non-hydrogen) atoms. The van der Waals surface area contributed by atoms with Crippen LogP contribution in [0.5, 0.6) is 11.5 Å². The van der Waals surface area contributed by atoms with Crippen molar-refractivity contribution < 1.29 is 14.3 Å². The van der Waals surface area contributed by atoms with Crippen molar-refractivity contribution in [2.75, 3.05) is 12.5 Å². The molecule has 2 aromatic heterocycles. The number of hydrogen-bond donors (Lipinski definition) is 2. The number of aromatic nitrogens is 2. The Kier molecular flexibility index (Phi) is 3.69. The van der Waals surface area contributed by atoms with Crippen molar-refractivity contribution in [1.29, 1.82) is 0 Å². The van der Waals surface area contributed by atoms with Gasteiger partial charge in [-0.1, -0.05) is 6.07 Å². The maximum absolute atomic E-state index is 12.6. The van der Waals surface area contributed by atoms with Crippen LogP contribution in [0.3, 0.4) is 0 Å². The second-order valence-corrected chi connectivity index (χ2v) is 6.80. The van der Waals surface area contributed by atoms with Gasteiger partial charge in [0.1, 0.15) is 9.71 Å². The van der Waals surface area contributed by atoms with Gasteiger partial charge in [-0.05, 0) is 37.1 Å². The van der Waals surface area contributed by atoms with Crippen LogP contribution < -0.4 is 20.5 Å². The summed E-state index contributed by atoms with van der Waals surface area (Å²) in [6.45, 7) is 4.40. The SMILES string of the molecule is Cc1nnc2sc(C(=O)NCc3ccc4c(c3)OCO4)c(N)c2c1C. The highest BCUT2D eigenvalue weighted by Crippen LogP contribution is 2.35. The average molecular weight is 356 g/mol. The van der Waals surface area contributed by atoms with E-state index in [0.29, 0.717) is 33.4 Å². The molecule has 3 N–H and O–H groups in total. The summed E-state index contributed by atoms with van der Waals surface area (Å²) in [5.74, 6) is 1.18. The summed E-state index contributed by atoms with van der Waals surface area (Å²) in [5, 5.41) is 11.9. The number of nitrogens with zero attached hydrogens (tertiary/aromatic N) is 2. The summed E-state index contributed by atoms with van der Waals surface area (Å²) in [6.07, 6.45) is 0. The second kappa shape index (κ2) is 5.89. The molecule has 4 rings (SSSR count). The van der Waals surface area contributed by atoms with Crippen LogP contribution in [0.25, 0.3) is 10.2 Å². The zero-order chi connectivity index (χ0) is 17.6. The molecule has 0 atom stereocenters. The maximum atomic E-state index is 12.6. The number of rotatable bonds is 3. The Bertz CT molecular complexity index is 999. The van der Waals surface area contributed by atoms with Crippen LogP contribution in [-0.4, -0.2) is 22.9 Å². The lowest BCUT2D eigenvalue weighted by Gasteiger charge is -2.06. The molecule has 1 aliphatic rings. The van der Waals surface area contributed by atoms with E-state index in [1.54, 1.807) is 0 Å². The number of benzene rings is 1. The van der Waals surface area contributed by atoms with E-state index in [0.717, 1.165) is 22.2 Å². The van der Waals surface area contributed by atoms with Crippen LogP contribution >= 0.6 is 11.3 Å². The highest BCUT2D eigenvalue weighted by atomic mass is 32.1. The number of nitrogens with two attached hydrogens (primary N) is 1. The zero-order valence-electron chi connectivity index (χ0n) is 13.8. The molecule has 0 radical (unpaired) electrons. The number of carbonyl (C=O) groups is 1. The Balaban J connectivity index is 1.56. The van der Waals surface area contributed by atoms with Crippen molar-refractivity contribution in [1.82, 2.24) is 15.5 Å². The summed E-state index contributed by atoms with van der Waals surface area (Å²) in [4.78, 5) is 13.7. The predicted octanol–water partition coefficient (Wildman–Crippen LogP) is 2.55. The van der Waals surface area contributed by atoms with Crippen LogP contribution in [0.2, 0.25) is 0 Å². The van der Waals surface area contributed by atoms with Gasteiger partial charge in [-0.3, -0.25) is 4.79 Å². The van der Waals surface area contributed by atoms with Gasteiger partial charge >= 0.3 is 0 Å². The number of amides is 1. The molecule has 0 bridgehead atoms. The van der Waals surface area contributed by atoms with Crippen LogP contribution in [0.15, 0.2) is 18.2 Å². The van der Waals surface area contributed by atoms with Crippen LogP contribution in [0, 0.1) is 13.8 Å². The Morgan fingerprint density at radius 1 is 1.28 bits per heavy atom. The summed E-state index contributed by atoms with van der Waals surface area (Å²) in [7, 11) is 0. The van der Waals surface area contributed by atoms with E-state index in [4.69, 9.17) is 15.2 Å². The van der Waals surface area contributed by atoms with E-state index < -0.39 is 0 Å². The highest BCUT2D eigenvalue weighted by Gasteiger charge is 2.20. The first-order valence-electron chi connectivity index (χ1n) is 7.73. The third-order valence-corrected chi connectivity index (χ3v) is 5.32. The smallest absolute Gasteiger partial charge is 0.263 e. The number of ether oxygens (including phenoxy) is 2. The lowest BCUT2D eigenvalue weighted by molar-refractivity contribution is 0.0955. The number of carbonyl (C=O) groups excluding carboxylic acids is 1. The normalized spacial score (nSPS) is 12.6. The molecule has 1 aromatic carbocycles. The number of fused-ring (bicyclic) bond motifs is 2. The molecule has 0 saturated carbocycles. The molecule has 7 nitrogen and oxygen atoms in total. The van der Waals surface area contributed by atoms with Crippen molar-refractivity contribution in [3.05, 3.63) is 39.9 Å². The fourth-order valence-electron chi connectivity index (χ4n) is 2.72. The Morgan fingerprint density at radius 2 is 2.08 bits per heavy atom. The maximum Gasteiger partial charge on any atom is 0.263 e. The minimum atomic E-state index is -0.227. The first-order chi connectivity index (χ1) is 12.0. The third-order valence-electron chi connectivity index (χ3n) is 4.23. The first-order valence-corrected chi connectivity index (χ1v) is 8.55. The van der Waals surface area contributed by atoms with Gasteiger partial charge in [-0.2, -0.15) is 5.10 Å². The monoisotopic (exact) mass is 356 g/mol. The molecule has 1 aliphatic heterocycles. The lowest BCUT2D eigenvalue weighted by Crippen LogP contribution is -2.22. The Morgan fingerprint density at radius 3 is 2.92 bits per heavy atom. The molecule has 0 spiro atoms. The fourth-order valence-corrected chi connectivity index (χ4v) is 3.74. The quantitative estimate of drug-likeness (QED) is 0.748. The number of nitrogens with one attached hydrogen (secondary N) is 1. The minimum absolute atomic E-state index is 0.225. The second-order valence-electron chi connectivity index (χ2n) is 5.81. The van der Waals surface area contributed by atoms with Gasteiger partial charge in [-0.25, -0.2) is 0 Å². The van der Waals surface area contributed by atoms with Crippen LogP contribution in [0.1, 0.15) is 26.5 Å². The number of nitrogen functional groups attached to an aromatic ring is 1. The highest BCUT2D eigenvalue weighted by molar-refractivity contribution is 7.21. The van der Waals surface area contributed by atoms with E-state index in [9.17, 15) is 4.79 Å². The standard InChI is InChI=1S/C17H16N4O3S/c1-8-9(2)20-21-17-13(8)14(18)15(25-17)16(22)19-6-10-3-4-11-12(5-10)24-7-23-11/h3-5H,6-7,18H2,1-2H3,(H,19,22). The first kappa shape index (κ1) is 15.6. The summed E-state index contributed by atoms with van der Waals surface area (Å²) in [5.41, 5.74) is 9.34. The average Bonchev–Trinajstić information content (AvgIpc) is 3.20. The number of thiophene rings is 1. The molecule has 8 heteroatoms.